The molecule has 0 aliphatic heterocycles. The third-order valence-electron chi connectivity index (χ3n) is 2.62. The average molecular weight is 341 g/mol. The molecule has 0 unspecified atom stereocenters. The Morgan fingerprint density at radius 3 is 2.84 bits per heavy atom. The lowest BCUT2D eigenvalue weighted by molar-refractivity contribution is 0.109. The number of thioether (sulfide) groups is 1. The van der Waals surface area contributed by atoms with Crippen LogP contribution in [-0.2, 0) is 13.7 Å². The molecule has 0 aliphatic carbocycles. The number of halogens is 1. The van der Waals surface area contributed by atoms with E-state index in [1.54, 1.807) is 28.6 Å². The molecule has 100 valence electrons. The van der Waals surface area contributed by atoms with E-state index in [2.05, 4.69) is 21.0 Å². The van der Waals surface area contributed by atoms with Gasteiger partial charge in [0.2, 0.25) is 10.6 Å². The van der Waals surface area contributed by atoms with Crippen molar-refractivity contribution in [3.05, 3.63) is 41.6 Å². The quantitative estimate of drug-likeness (QED) is 0.619. The maximum absolute atomic E-state index is 11.6. The summed E-state index contributed by atoms with van der Waals surface area (Å²) in [5.74, 6) is 0.548. The van der Waals surface area contributed by atoms with E-state index >= 15 is 0 Å². The zero-order chi connectivity index (χ0) is 13.8. The van der Waals surface area contributed by atoms with Gasteiger partial charge in [0.05, 0.1) is 0 Å². The van der Waals surface area contributed by atoms with E-state index in [0.29, 0.717) is 18.1 Å². The second-order valence-corrected chi connectivity index (χ2v) is 5.44. The topological polar surface area (TPSA) is 44.1 Å². The summed E-state index contributed by atoms with van der Waals surface area (Å²) in [5.41, 5.74) is 1.50. The molecular weight excluding hydrogens is 328 g/mol. The lowest BCUT2D eigenvalue weighted by Crippen LogP contribution is -2.04. The van der Waals surface area contributed by atoms with E-state index in [-0.39, 0.29) is 4.69 Å². The van der Waals surface area contributed by atoms with Gasteiger partial charge in [-0.05, 0) is 28.3 Å². The largest absolute Gasteiger partial charge is 0.472 e. The van der Waals surface area contributed by atoms with Gasteiger partial charge in [-0.15, -0.1) is 16.9 Å². The zero-order valence-electron chi connectivity index (χ0n) is 10.6. The summed E-state index contributed by atoms with van der Waals surface area (Å²) in [7, 11) is 1.83. The van der Waals surface area contributed by atoms with Gasteiger partial charge < -0.3 is 4.74 Å². The van der Waals surface area contributed by atoms with Crippen LogP contribution in [-0.4, -0.2) is 20.7 Å². The summed E-state index contributed by atoms with van der Waals surface area (Å²) in [4.78, 5) is 12.6. The van der Waals surface area contributed by atoms with Crippen LogP contribution in [0.5, 0.6) is 5.88 Å². The molecule has 0 N–H and O–H groups in total. The lowest BCUT2D eigenvalue weighted by Gasteiger charge is -2.11. The third kappa shape index (κ3) is 3.39. The minimum absolute atomic E-state index is 0.136. The van der Waals surface area contributed by atoms with Crippen molar-refractivity contribution in [2.75, 3.05) is 6.26 Å². The second-order valence-electron chi connectivity index (χ2n) is 3.88. The molecule has 1 heterocycles. The fraction of sp³-hybridized carbons (Fsp3) is 0.231. The molecule has 0 bridgehead atoms. The molecule has 6 heteroatoms. The highest BCUT2D eigenvalue weighted by atomic mass is 79.9. The van der Waals surface area contributed by atoms with Crippen LogP contribution in [0.4, 0.5) is 0 Å². The van der Waals surface area contributed by atoms with Crippen LogP contribution in [0.15, 0.2) is 35.4 Å². The Morgan fingerprint density at radius 2 is 2.26 bits per heavy atom. The van der Waals surface area contributed by atoms with Crippen molar-refractivity contribution in [2.45, 2.75) is 11.5 Å². The molecule has 0 aliphatic rings. The fourth-order valence-electron chi connectivity index (χ4n) is 1.71. The number of hydrogen-bond acceptors (Lipinski definition) is 4. The van der Waals surface area contributed by atoms with Crippen LogP contribution in [0.25, 0.3) is 0 Å². The Hall–Kier alpha value is -1.27. The van der Waals surface area contributed by atoms with Crippen molar-refractivity contribution in [1.82, 2.24) is 9.78 Å². The molecule has 0 atom stereocenters. The number of carbonyl (C=O) groups excluding carboxylic acids is 1. The van der Waals surface area contributed by atoms with Crippen molar-refractivity contribution in [1.29, 1.82) is 0 Å². The number of aryl methyl sites for hydroxylation is 1. The van der Waals surface area contributed by atoms with Crippen molar-refractivity contribution in [3.8, 4) is 5.88 Å². The minimum Gasteiger partial charge on any atom is -0.472 e. The molecule has 1 aromatic heterocycles. The molecule has 0 radical (unpaired) electrons. The number of aromatic nitrogens is 2. The molecule has 0 saturated heterocycles. The molecule has 4 nitrogen and oxygen atoms in total. The van der Waals surface area contributed by atoms with Crippen LogP contribution in [0.1, 0.15) is 15.9 Å². The summed E-state index contributed by atoms with van der Waals surface area (Å²) in [5, 5.41) is 4.15. The third-order valence-corrected chi connectivity index (χ3v) is 3.87. The highest BCUT2D eigenvalue weighted by Crippen LogP contribution is 2.26. The van der Waals surface area contributed by atoms with Crippen molar-refractivity contribution in [2.24, 2.45) is 7.05 Å². The van der Waals surface area contributed by atoms with Gasteiger partial charge in [-0.3, -0.25) is 9.48 Å². The van der Waals surface area contributed by atoms with Gasteiger partial charge in [0.25, 0.3) is 0 Å². The van der Waals surface area contributed by atoms with Gasteiger partial charge in [-0.25, -0.2) is 0 Å². The standard InChI is InChI=1S/C13H13BrN2O2S/c1-16-7-6-12(15-16)18-8-10-9(13(14)17)4-3-5-11(10)19-2/h3-7H,8H2,1-2H3. The van der Waals surface area contributed by atoms with Crippen molar-refractivity contribution in [3.63, 3.8) is 0 Å². The normalized spacial score (nSPS) is 10.5. The average Bonchev–Trinajstić information content (AvgIpc) is 2.81. The molecular formula is C13H13BrN2O2S. The SMILES string of the molecule is CSc1cccc(C(=O)Br)c1COc1ccn(C)n1. The van der Waals surface area contributed by atoms with E-state index in [0.717, 1.165) is 10.5 Å². The van der Waals surface area contributed by atoms with E-state index < -0.39 is 0 Å². The lowest BCUT2D eigenvalue weighted by atomic mass is 10.1. The molecule has 0 fully saturated rings. The number of ether oxygens (including phenoxy) is 1. The van der Waals surface area contributed by atoms with Crippen LogP contribution in [0.3, 0.4) is 0 Å². The number of rotatable bonds is 5. The first-order valence-electron chi connectivity index (χ1n) is 5.60. The van der Waals surface area contributed by atoms with Gasteiger partial charge in [0.15, 0.2) is 0 Å². The second kappa shape index (κ2) is 6.25. The van der Waals surface area contributed by atoms with Crippen molar-refractivity contribution >= 4 is 32.4 Å². The van der Waals surface area contributed by atoms with E-state index in [1.165, 1.54) is 0 Å². The number of benzene rings is 1. The molecule has 19 heavy (non-hydrogen) atoms. The highest BCUT2D eigenvalue weighted by Gasteiger charge is 2.13. The van der Waals surface area contributed by atoms with E-state index in [1.807, 2.05) is 31.6 Å². The van der Waals surface area contributed by atoms with Crippen LogP contribution in [0.2, 0.25) is 0 Å². The first-order valence-corrected chi connectivity index (χ1v) is 7.61. The molecule has 2 aromatic rings. The van der Waals surface area contributed by atoms with Gasteiger partial charge in [0.1, 0.15) is 6.61 Å². The number of nitrogens with zero attached hydrogens (tertiary/aromatic N) is 2. The molecule has 0 spiro atoms. The predicted octanol–water partition coefficient (Wildman–Crippen LogP) is 3.26. The van der Waals surface area contributed by atoms with Gasteiger partial charge in [0, 0.05) is 35.3 Å². The maximum Gasteiger partial charge on any atom is 0.233 e. The summed E-state index contributed by atoms with van der Waals surface area (Å²) < 4.78 is 7.16. The molecule has 0 saturated carbocycles. The number of carbonyl (C=O) groups is 1. The Labute approximate surface area is 124 Å². The molecule has 2 rings (SSSR count). The monoisotopic (exact) mass is 340 g/mol. The van der Waals surface area contributed by atoms with E-state index in [9.17, 15) is 4.79 Å². The first-order chi connectivity index (χ1) is 9.11. The molecule has 0 amide bonds. The Bertz CT molecular complexity index is 598. The van der Waals surface area contributed by atoms with Gasteiger partial charge >= 0.3 is 0 Å². The predicted molar refractivity (Wildman–Crippen MR) is 79.0 cm³/mol. The Kier molecular flexibility index (Phi) is 4.66. The summed E-state index contributed by atoms with van der Waals surface area (Å²) in [6.45, 7) is 0.320. The molecule has 1 aromatic carbocycles. The van der Waals surface area contributed by atoms with Gasteiger partial charge in [-0.2, -0.15) is 0 Å². The van der Waals surface area contributed by atoms with Crippen LogP contribution >= 0.6 is 27.7 Å². The zero-order valence-corrected chi connectivity index (χ0v) is 13.0. The smallest absolute Gasteiger partial charge is 0.233 e. The highest BCUT2D eigenvalue weighted by molar-refractivity contribution is 9.18. The maximum atomic E-state index is 11.6. The minimum atomic E-state index is -0.136. The van der Waals surface area contributed by atoms with Crippen molar-refractivity contribution < 1.29 is 9.53 Å². The van der Waals surface area contributed by atoms with Crippen LogP contribution in [0, 0.1) is 0 Å². The summed E-state index contributed by atoms with van der Waals surface area (Å²) in [6.07, 6.45) is 3.79. The first kappa shape index (κ1) is 14.1. The van der Waals surface area contributed by atoms with Crippen LogP contribution < -0.4 is 4.74 Å². The summed E-state index contributed by atoms with van der Waals surface area (Å²) >= 11 is 4.59. The Balaban J connectivity index is 2.25. The number of hydrogen-bond donors (Lipinski definition) is 0. The fourth-order valence-corrected chi connectivity index (χ4v) is 2.71. The van der Waals surface area contributed by atoms with E-state index in [4.69, 9.17) is 4.74 Å². The summed E-state index contributed by atoms with van der Waals surface area (Å²) in [6, 6.07) is 7.41. The van der Waals surface area contributed by atoms with Gasteiger partial charge in [-0.1, -0.05) is 12.1 Å². The Morgan fingerprint density at radius 1 is 1.47 bits per heavy atom.